The molecule has 84 valence electrons. The van der Waals surface area contributed by atoms with Gasteiger partial charge in [-0.3, -0.25) is 9.89 Å². The Balaban J connectivity index is 2.77. The summed E-state index contributed by atoms with van der Waals surface area (Å²) in [6, 6.07) is 0.142. The molecule has 15 heavy (non-hydrogen) atoms. The molecule has 1 aromatic rings. The van der Waals surface area contributed by atoms with Crippen LogP contribution in [-0.2, 0) is 0 Å². The van der Waals surface area contributed by atoms with E-state index < -0.39 is 0 Å². The van der Waals surface area contributed by atoms with E-state index in [-0.39, 0.29) is 23.7 Å². The largest absolute Gasteiger partial charge is 0.366 e. The van der Waals surface area contributed by atoms with Crippen molar-refractivity contribution < 1.29 is 4.79 Å². The molecule has 0 saturated carbocycles. The molecule has 0 aliphatic carbocycles. The van der Waals surface area contributed by atoms with Gasteiger partial charge in [0, 0.05) is 13.1 Å². The van der Waals surface area contributed by atoms with E-state index in [0.717, 1.165) is 0 Å². The van der Waals surface area contributed by atoms with Crippen molar-refractivity contribution >= 4 is 11.9 Å². The number of aromatic nitrogens is 3. The van der Waals surface area contributed by atoms with Crippen LogP contribution in [0.4, 0.5) is 5.95 Å². The molecule has 1 heterocycles. The molecular formula is C9H17N5O. The van der Waals surface area contributed by atoms with E-state index in [1.165, 1.54) is 0 Å². The van der Waals surface area contributed by atoms with Gasteiger partial charge in [-0.25, -0.2) is 0 Å². The summed E-state index contributed by atoms with van der Waals surface area (Å²) in [5.74, 6) is 0.464. The van der Waals surface area contributed by atoms with Crippen molar-refractivity contribution in [1.82, 2.24) is 20.1 Å². The van der Waals surface area contributed by atoms with Crippen LogP contribution < -0.4 is 5.73 Å². The van der Waals surface area contributed by atoms with Crippen molar-refractivity contribution in [2.24, 2.45) is 5.92 Å². The van der Waals surface area contributed by atoms with E-state index in [2.05, 4.69) is 29.0 Å². The van der Waals surface area contributed by atoms with Gasteiger partial charge < -0.3 is 10.6 Å². The zero-order valence-corrected chi connectivity index (χ0v) is 9.48. The lowest BCUT2D eigenvalue weighted by atomic mass is 10.1. The smallest absolute Gasteiger partial charge is 0.291 e. The lowest BCUT2D eigenvalue weighted by Crippen LogP contribution is -2.38. The van der Waals surface area contributed by atoms with Gasteiger partial charge >= 0.3 is 0 Å². The lowest BCUT2D eigenvalue weighted by molar-refractivity contribution is 0.0695. The van der Waals surface area contributed by atoms with E-state index in [0.29, 0.717) is 5.92 Å². The maximum atomic E-state index is 11.8. The zero-order valence-electron chi connectivity index (χ0n) is 9.48. The molecule has 0 radical (unpaired) electrons. The van der Waals surface area contributed by atoms with E-state index >= 15 is 0 Å². The van der Waals surface area contributed by atoms with Crippen LogP contribution in [0, 0.1) is 5.92 Å². The number of hydrogen-bond acceptors (Lipinski definition) is 4. The van der Waals surface area contributed by atoms with E-state index in [1.54, 1.807) is 11.9 Å². The van der Waals surface area contributed by atoms with Crippen molar-refractivity contribution in [3.63, 3.8) is 0 Å². The highest BCUT2D eigenvalue weighted by Crippen LogP contribution is 2.10. The van der Waals surface area contributed by atoms with Crippen LogP contribution in [0.25, 0.3) is 0 Å². The fourth-order valence-electron chi connectivity index (χ4n) is 1.17. The zero-order chi connectivity index (χ0) is 11.6. The van der Waals surface area contributed by atoms with Crippen molar-refractivity contribution in [2.75, 3.05) is 12.8 Å². The summed E-state index contributed by atoms with van der Waals surface area (Å²) < 4.78 is 0. The number of nitrogens with two attached hydrogens (primary N) is 1. The number of aromatic amines is 1. The second kappa shape index (κ2) is 4.29. The molecule has 1 amide bonds. The highest BCUT2D eigenvalue weighted by atomic mass is 16.2. The van der Waals surface area contributed by atoms with Crippen molar-refractivity contribution in [1.29, 1.82) is 0 Å². The van der Waals surface area contributed by atoms with Gasteiger partial charge in [0.05, 0.1) is 0 Å². The van der Waals surface area contributed by atoms with Crippen LogP contribution in [0.5, 0.6) is 0 Å². The Morgan fingerprint density at radius 3 is 2.47 bits per heavy atom. The van der Waals surface area contributed by atoms with Gasteiger partial charge in [-0.1, -0.05) is 13.8 Å². The second-order valence-electron chi connectivity index (χ2n) is 3.94. The van der Waals surface area contributed by atoms with E-state index in [4.69, 9.17) is 5.73 Å². The molecular weight excluding hydrogens is 194 g/mol. The molecule has 0 fully saturated rings. The quantitative estimate of drug-likeness (QED) is 0.762. The number of anilines is 1. The standard InChI is InChI=1S/C9H17N5O/c1-5(2)6(3)14(4)8(15)7-11-9(10)13-12-7/h5-6H,1-4H3,(H3,10,11,12,13). The molecule has 0 aromatic carbocycles. The summed E-state index contributed by atoms with van der Waals surface area (Å²) in [6.07, 6.45) is 0. The Labute approximate surface area is 88.9 Å². The van der Waals surface area contributed by atoms with Gasteiger partial charge in [0.2, 0.25) is 11.8 Å². The fraction of sp³-hybridized carbons (Fsp3) is 0.667. The number of carbonyl (C=O) groups is 1. The second-order valence-corrected chi connectivity index (χ2v) is 3.94. The number of carbonyl (C=O) groups excluding carboxylic acids is 1. The van der Waals surface area contributed by atoms with Crippen molar-refractivity contribution in [3.8, 4) is 0 Å². The fourth-order valence-corrected chi connectivity index (χ4v) is 1.17. The number of amides is 1. The Morgan fingerprint density at radius 2 is 2.07 bits per heavy atom. The number of nitrogens with zero attached hydrogens (tertiary/aromatic N) is 3. The maximum Gasteiger partial charge on any atom is 0.291 e. The molecule has 1 atom stereocenters. The average Bonchev–Trinajstić information content (AvgIpc) is 2.61. The predicted octanol–water partition coefficient (Wildman–Crippen LogP) is 0.503. The van der Waals surface area contributed by atoms with Gasteiger partial charge in [-0.05, 0) is 12.8 Å². The minimum absolute atomic E-state index is 0.0870. The highest BCUT2D eigenvalue weighted by molar-refractivity contribution is 5.90. The first-order valence-corrected chi connectivity index (χ1v) is 4.88. The summed E-state index contributed by atoms with van der Waals surface area (Å²) >= 11 is 0. The number of hydrogen-bond donors (Lipinski definition) is 2. The summed E-state index contributed by atoms with van der Waals surface area (Å²) in [4.78, 5) is 17.3. The van der Waals surface area contributed by atoms with Crippen molar-refractivity contribution in [3.05, 3.63) is 5.82 Å². The third-order valence-corrected chi connectivity index (χ3v) is 2.60. The number of H-pyrrole nitrogens is 1. The number of nitrogen functional groups attached to an aromatic ring is 1. The SMILES string of the molecule is CC(C)C(C)N(C)C(=O)c1nc(N)n[nH]1. The Bertz CT molecular complexity index is 346. The minimum Gasteiger partial charge on any atom is -0.366 e. The monoisotopic (exact) mass is 211 g/mol. The third-order valence-electron chi connectivity index (χ3n) is 2.60. The van der Waals surface area contributed by atoms with E-state index in [1.807, 2.05) is 6.92 Å². The number of rotatable bonds is 3. The summed E-state index contributed by atoms with van der Waals surface area (Å²) in [5.41, 5.74) is 5.33. The van der Waals surface area contributed by atoms with E-state index in [9.17, 15) is 4.79 Å². The van der Waals surface area contributed by atoms with Crippen LogP contribution in [0.1, 0.15) is 31.4 Å². The molecule has 0 bridgehead atoms. The molecule has 3 N–H and O–H groups in total. The van der Waals surface area contributed by atoms with Gasteiger partial charge in [-0.2, -0.15) is 4.98 Å². The molecule has 1 rings (SSSR count). The van der Waals surface area contributed by atoms with Crippen LogP contribution >= 0.6 is 0 Å². The topological polar surface area (TPSA) is 87.9 Å². The highest BCUT2D eigenvalue weighted by Gasteiger charge is 2.22. The van der Waals surface area contributed by atoms with Gasteiger partial charge in [0.15, 0.2) is 0 Å². The maximum absolute atomic E-state index is 11.8. The van der Waals surface area contributed by atoms with Crippen LogP contribution in [0.2, 0.25) is 0 Å². The molecule has 0 spiro atoms. The molecule has 1 aromatic heterocycles. The van der Waals surface area contributed by atoms with Gasteiger partial charge in [0.1, 0.15) is 0 Å². The molecule has 0 aliphatic heterocycles. The number of nitrogens with one attached hydrogen (secondary N) is 1. The molecule has 1 unspecified atom stereocenters. The molecule has 6 nitrogen and oxygen atoms in total. The average molecular weight is 211 g/mol. The summed E-state index contributed by atoms with van der Waals surface area (Å²) in [5, 5.41) is 6.12. The first-order valence-electron chi connectivity index (χ1n) is 4.88. The van der Waals surface area contributed by atoms with Crippen LogP contribution in [-0.4, -0.2) is 39.1 Å². The van der Waals surface area contributed by atoms with Crippen molar-refractivity contribution in [2.45, 2.75) is 26.8 Å². The predicted molar refractivity (Wildman–Crippen MR) is 57.2 cm³/mol. The minimum atomic E-state index is -0.194. The normalized spacial score (nSPS) is 12.9. The Kier molecular flexibility index (Phi) is 3.28. The molecule has 6 heteroatoms. The first kappa shape index (κ1) is 11.5. The summed E-state index contributed by atoms with van der Waals surface area (Å²) in [7, 11) is 1.74. The Hall–Kier alpha value is -1.59. The van der Waals surface area contributed by atoms with Crippen LogP contribution in [0.15, 0.2) is 0 Å². The van der Waals surface area contributed by atoms with Gasteiger partial charge in [0.25, 0.3) is 5.91 Å². The first-order chi connectivity index (χ1) is 6.93. The molecule has 0 aliphatic rings. The third kappa shape index (κ3) is 2.45. The Morgan fingerprint density at radius 1 is 1.47 bits per heavy atom. The summed E-state index contributed by atoms with van der Waals surface area (Å²) in [6.45, 7) is 6.11. The lowest BCUT2D eigenvalue weighted by Gasteiger charge is -2.26. The van der Waals surface area contributed by atoms with Gasteiger partial charge in [-0.15, -0.1) is 5.10 Å². The van der Waals surface area contributed by atoms with Crippen LogP contribution in [0.3, 0.4) is 0 Å². The molecule has 0 saturated heterocycles.